The molecule has 5 heteroatoms. The van der Waals surface area contributed by atoms with Gasteiger partial charge in [0.05, 0.1) is 0 Å². The molecule has 0 unspecified atom stereocenters. The van der Waals surface area contributed by atoms with Gasteiger partial charge in [-0.25, -0.2) is 14.4 Å². The standard InChI is InChI=1S/C10H15F2N3/c1-7-8(11)14-6-15-9(7)13-5-4-10(2,3)12/h6H,4-5H2,1-3H3,(H,13,14,15). The van der Waals surface area contributed by atoms with E-state index in [4.69, 9.17) is 0 Å². The number of aromatic nitrogens is 2. The molecule has 0 radical (unpaired) electrons. The average molecular weight is 215 g/mol. The Hall–Kier alpha value is -1.26. The van der Waals surface area contributed by atoms with E-state index < -0.39 is 11.6 Å². The van der Waals surface area contributed by atoms with Crippen molar-refractivity contribution in [2.24, 2.45) is 0 Å². The molecule has 15 heavy (non-hydrogen) atoms. The number of nitrogens with zero attached hydrogens (tertiary/aromatic N) is 2. The van der Waals surface area contributed by atoms with Gasteiger partial charge in [0.15, 0.2) is 0 Å². The van der Waals surface area contributed by atoms with E-state index in [1.807, 2.05) is 0 Å². The molecule has 1 N–H and O–H groups in total. The van der Waals surface area contributed by atoms with Gasteiger partial charge in [-0.1, -0.05) is 0 Å². The van der Waals surface area contributed by atoms with Crippen LogP contribution in [0.2, 0.25) is 0 Å². The largest absolute Gasteiger partial charge is 0.370 e. The third-order valence-corrected chi connectivity index (χ3v) is 2.03. The fraction of sp³-hybridized carbons (Fsp3) is 0.600. The Balaban J connectivity index is 2.55. The summed E-state index contributed by atoms with van der Waals surface area (Å²) in [5.41, 5.74) is -0.874. The fourth-order valence-electron chi connectivity index (χ4n) is 1.09. The summed E-state index contributed by atoms with van der Waals surface area (Å²) in [6.07, 6.45) is 1.49. The van der Waals surface area contributed by atoms with Crippen LogP contribution in [0.4, 0.5) is 14.6 Å². The van der Waals surface area contributed by atoms with Crippen LogP contribution in [0.1, 0.15) is 25.8 Å². The molecule has 0 aliphatic heterocycles. The Morgan fingerprint density at radius 2 is 2.07 bits per heavy atom. The highest BCUT2D eigenvalue weighted by molar-refractivity contribution is 5.41. The SMILES string of the molecule is Cc1c(F)ncnc1NCCC(C)(C)F. The van der Waals surface area contributed by atoms with Crippen LogP contribution in [0.5, 0.6) is 0 Å². The molecule has 1 rings (SSSR count). The second-order valence-corrected chi connectivity index (χ2v) is 4.03. The molecule has 0 aromatic carbocycles. The molecule has 0 spiro atoms. The van der Waals surface area contributed by atoms with Crippen molar-refractivity contribution in [3.8, 4) is 0 Å². The summed E-state index contributed by atoms with van der Waals surface area (Å²) in [5.74, 6) is -0.126. The lowest BCUT2D eigenvalue weighted by atomic mass is 10.1. The van der Waals surface area contributed by atoms with Crippen LogP contribution >= 0.6 is 0 Å². The number of halogens is 2. The number of alkyl halides is 1. The predicted molar refractivity (Wildman–Crippen MR) is 55.0 cm³/mol. The molecule has 0 bridgehead atoms. The lowest BCUT2D eigenvalue weighted by Gasteiger charge is -2.15. The highest BCUT2D eigenvalue weighted by Gasteiger charge is 2.15. The minimum atomic E-state index is -1.23. The first-order chi connectivity index (χ1) is 6.90. The predicted octanol–water partition coefficient (Wildman–Crippen LogP) is 2.47. The van der Waals surface area contributed by atoms with Crippen molar-refractivity contribution in [3.63, 3.8) is 0 Å². The van der Waals surface area contributed by atoms with Crippen molar-refractivity contribution in [3.05, 3.63) is 17.8 Å². The fourth-order valence-corrected chi connectivity index (χ4v) is 1.09. The van der Waals surface area contributed by atoms with E-state index in [0.29, 0.717) is 24.3 Å². The minimum absolute atomic E-state index is 0.345. The van der Waals surface area contributed by atoms with Gasteiger partial charge in [-0.3, -0.25) is 0 Å². The quantitative estimate of drug-likeness (QED) is 0.784. The van der Waals surface area contributed by atoms with Gasteiger partial charge in [0.25, 0.3) is 0 Å². The van der Waals surface area contributed by atoms with Crippen LogP contribution in [0.15, 0.2) is 6.33 Å². The van der Waals surface area contributed by atoms with Gasteiger partial charge in [0.2, 0.25) is 5.95 Å². The molecule has 3 nitrogen and oxygen atoms in total. The molecule has 84 valence electrons. The Kier molecular flexibility index (Phi) is 3.55. The molecule has 1 heterocycles. The number of hydrogen-bond donors (Lipinski definition) is 1. The molecule has 0 saturated carbocycles. The van der Waals surface area contributed by atoms with Gasteiger partial charge < -0.3 is 5.32 Å². The number of rotatable bonds is 4. The van der Waals surface area contributed by atoms with E-state index in [1.54, 1.807) is 6.92 Å². The summed E-state index contributed by atoms with van der Waals surface area (Å²) in [6, 6.07) is 0. The van der Waals surface area contributed by atoms with Crippen molar-refractivity contribution >= 4 is 5.82 Å². The molecule has 0 aliphatic carbocycles. The summed E-state index contributed by atoms with van der Waals surface area (Å²) in [4.78, 5) is 7.28. The van der Waals surface area contributed by atoms with Crippen LogP contribution < -0.4 is 5.32 Å². The van der Waals surface area contributed by atoms with Gasteiger partial charge >= 0.3 is 0 Å². The maximum Gasteiger partial charge on any atom is 0.220 e. The third kappa shape index (κ3) is 3.77. The molecular weight excluding hydrogens is 200 g/mol. The Labute approximate surface area is 87.9 Å². The molecule has 0 atom stereocenters. The second-order valence-electron chi connectivity index (χ2n) is 4.03. The van der Waals surface area contributed by atoms with Crippen LogP contribution in [0, 0.1) is 12.9 Å². The van der Waals surface area contributed by atoms with Crippen molar-refractivity contribution in [1.29, 1.82) is 0 Å². The van der Waals surface area contributed by atoms with E-state index in [9.17, 15) is 8.78 Å². The van der Waals surface area contributed by atoms with Crippen molar-refractivity contribution in [2.45, 2.75) is 32.9 Å². The first-order valence-electron chi connectivity index (χ1n) is 4.80. The van der Waals surface area contributed by atoms with Gasteiger partial charge in [-0.15, -0.1) is 0 Å². The molecule has 0 saturated heterocycles. The highest BCUT2D eigenvalue weighted by atomic mass is 19.1. The number of nitrogens with one attached hydrogen (secondary N) is 1. The maximum atomic E-state index is 13.1. The lowest BCUT2D eigenvalue weighted by Crippen LogP contribution is -2.18. The Morgan fingerprint density at radius 3 is 2.67 bits per heavy atom. The van der Waals surface area contributed by atoms with E-state index in [1.165, 1.54) is 13.8 Å². The summed E-state index contributed by atoms with van der Waals surface area (Å²) in [6.45, 7) is 5.00. The van der Waals surface area contributed by atoms with Gasteiger partial charge in [0.1, 0.15) is 17.8 Å². The number of anilines is 1. The van der Waals surface area contributed by atoms with Crippen LogP contribution in [-0.4, -0.2) is 22.2 Å². The molecule has 1 aromatic rings. The molecule has 1 aromatic heterocycles. The zero-order valence-electron chi connectivity index (χ0n) is 9.14. The van der Waals surface area contributed by atoms with Crippen molar-refractivity contribution in [1.82, 2.24) is 9.97 Å². The summed E-state index contributed by atoms with van der Waals surface area (Å²) in [7, 11) is 0. The smallest absolute Gasteiger partial charge is 0.220 e. The summed E-state index contributed by atoms with van der Waals surface area (Å²) < 4.78 is 26.1. The summed E-state index contributed by atoms with van der Waals surface area (Å²) in [5, 5.41) is 2.88. The topological polar surface area (TPSA) is 37.8 Å². The lowest BCUT2D eigenvalue weighted by molar-refractivity contribution is 0.207. The number of hydrogen-bond acceptors (Lipinski definition) is 3. The molecule has 0 fully saturated rings. The van der Waals surface area contributed by atoms with Crippen LogP contribution in [0.3, 0.4) is 0 Å². The zero-order valence-corrected chi connectivity index (χ0v) is 9.14. The first kappa shape index (κ1) is 11.8. The first-order valence-corrected chi connectivity index (χ1v) is 4.80. The Bertz CT molecular complexity index is 334. The van der Waals surface area contributed by atoms with Crippen LogP contribution in [-0.2, 0) is 0 Å². The van der Waals surface area contributed by atoms with E-state index in [-0.39, 0.29) is 0 Å². The third-order valence-electron chi connectivity index (χ3n) is 2.03. The van der Waals surface area contributed by atoms with E-state index in [2.05, 4.69) is 15.3 Å². The summed E-state index contributed by atoms with van der Waals surface area (Å²) >= 11 is 0. The van der Waals surface area contributed by atoms with Gasteiger partial charge in [-0.2, -0.15) is 4.39 Å². The van der Waals surface area contributed by atoms with Crippen molar-refractivity contribution < 1.29 is 8.78 Å². The van der Waals surface area contributed by atoms with Gasteiger partial charge in [0, 0.05) is 12.1 Å². The van der Waals surface area contributed by atoms with Gasteiger partial charge in [-0.05, 0) is 27.2 Å². The normalized spacial score (nSPS) is 11.5. The maximum absolute atomic E-state index is 13.1. The molecule has 0 aliphatic rings. The molecular formula is C10H15F2N3. The van der Waals surface area contributed by atoms with Crippen LogP contribution in [0.25, 0.3) is 0 Å². The zero-order chi connectivity index (χ0) is 11.5. The average Bonchev–Trinajstić information content (AvgIpc) is 2.10. The highest BCUT2D eigenvalue weighted by Crippen LogP contribution is 2.15. The Morgan fingerprint density at radius 1 is 1.40 bits per heavy atom. The van der Waals surface area contributed by atoms with Crippen molar-refractivity contribution in [2.75, 3.05) is 11.9 Å². The second kappa shape index (κ2) is 4.51. The van der Waals surface area contributed by atoms with E-state index in [0.717, 1.165) is 6.33 Å². The van der Waals surface area contributed by atoms with E-state index >= 15 is 0 Å². The minimum Gasteiger partial charge on any atom is -0.370 e. The molecule has 0 amide bonds. The monoisotopic (exact) mass is 215 g/mol.